The van der Waals surface area contributed by atoms with Crippen molar-refractivity contribution in [1.82, 2.24) is 35.1 Å². The van der Waals surface area contributed by atoms with Gasteiger partial charge in [0.1, 0.15) is 11.2 Å². The largest absolute Gasteiger partial charge is 0.352 e. The Bertz CT molecular complexity index is 1690. The van der Waals surface area contributed by atoms with Crippen molar-refractivity contribution in [1.29, 1.82) is 0 Å². The Morgan fingerprint density at radius 2 is 1.77 bits per heavy atom. The number of amides is 1. The predicted molar refractivity (Wildman–Crippen MR) is 134 cm³/mol. The van der Waals surface area contributed by atoms with Crippen LogP contribution in [0.3, 0.4) is 0 Å². The molecule has 0 fully saturated rings. The van der Waals surface area contributed by atoms with Gasteiger partial charge in [0, 0.05) is 47.7 Å². The minimum atomic E-state index is -0.0658. The van der Waals surface area contributed by atoms with Gasteiger partial charge in [-0.3, -0.25) is 24.8 Å². The van der Waals surface area contributed by atoms with E-state index in [0.717, 1.165) is 50.0 Å². The molecule has 0 aliphatic rings. The maximum Gasteiger partial charge on any atom is 0.224 e. The van der Waals surface area contributed by atoms with E-state index in [9.17, 15) is 4.79 Å². The van der Waals surface area contributed by atoms with Crippen molar-refractivity contribution in [3.63, 3.8) is 0 Å². The van der Waals surface area contributed by atoms with Gasteiger partial charge in [0.15, 0.2) is 0 Å². The molecule has 9 heteroatoms. The quantitative estimate of drug-likeness (QED) is 0.333. The fourth-order valence-corrected chi connectivity index (χ4v) is 4.09. The number of nitrogens with one attached hydrogen (secondary N) is 3. The first-order chi connectivity index (χ1) is 17.2. The van der Waals surface area contributed by atoms with Crippen molar-refractivity contribution in [2.24, 2.45) is 0 Å². The molecule has 1 amide bonds. The van der Waals surface area contributed by atoms with Crippen LogP contribution >= 0.6 is 0 Å². The molecule has 6 aromatic rings. The Morgan fingerprint density at radius 3 is 2.63 bits per heavy atom. The fraction of sp³-hybridized carbons (Fsp3) is 0.0769. The monoisotopic (exact) mass is 460 g/mol. The summed E-state index contributed by atoms with van der Waals surface area (Å²) in [6, 6.07) is 11.7. The van der Waals surface area contributed by atoms with E-state index in [2.05, 4.69) is 41.5 Å². The molecule has 6 heterocycles. The topological polar surface area (TPSA) is 125 Å². The summed E-state index contributed by atoms with van der Waals surface area (Å²) in [5.41, 5.74) is 8.22. The van der Waals surface area contributed by atoms with E-state index in [1.165, 1.54) is 0 Å². The Balaban J connectivity index is 1.43. The number of anilines is 1. The molecule has 0 saturated heterocycles. The van der Waals surface area contributed by atoms with Gasteiger partial charge < -0.3 is 10.3 Å². The highest BCUT2D eigenvalue weighted by atomic mass is 16.1. The number of carbonyl (C=O) groups excluding carboxylic acids is 1. The average Bonchev–Trinajstić information content (AvgIpc) is 3.53. The maximum atomic E-state index is 11.8. The number of carbonyl (C=O) groups is 1. The lowest BCUT2D eigenvalue weighted by Gasteiger charge is -2.06. The molecule has 0 bridgehead atoms. The summed E-state index contributed by atoms with van der Waals surface area (Å²) in [6.45, 7) is 1.81. The molecule has 3 N–H and O–H groups in total. The van der Waals surface area contributed by atoms with Gasteiger partial charge in [-0.15, -0.1) is 0 Å². The second-order valence-corrected chi connectivity index (χ2v) is 8.10. The summed E-state index contributed by atoms with van der Waals surface area (Å²) in [6.07, 6.45) is 10.9. The van der Waals surface area contributed by atoms with Crippen LogP contribution in [0.2, 0.25) is 0 Å². The van der Waals surface area contributed by atoms with Gasteiger partial charge in [0.2, 0.25) is 5.91 Å². The van der Waals surface area contributed by atoms with Gasteiger partial charge in [0.25, 0.3) is 0 Å². The molecule has 170 valence electrons. The van der Waals surface area contributed by atoms with Crippen LogP contribution in [0.15, 0.2) is 73.6 Å². The molecule has 9 nitrogen and oxygen atoms in total. The first-order valence-corrected chi connectivity index (χ1v) is 11.2. The van der Waals surface area contributed by atoms with Crippen molar-refractivity contribution in [3.8, 4) is 33.8 Å². The third kappa shape index (κ3) is 3.78. The van der Waals surface area contributed by atoms with E-state index in [-0.39, 0.29) is 5.91 Å². The van der Waals surface area contributed by atoms with Crippen LogP contribution in [0.5, 0.6) is 0 Å². The molecular weight excluding hydrogens is 440 g/mol. The molecule has 0 radical (unpaired) electrons. The minimum Gasteiger partial charge on any atom is -0.352 e. The van der Waals surface area contributed by atoms with Gasteiger partial charge in [-0.1, -0.05) is 6.92 Å². The smallest absolute Gasteiger partial charge is 0.224 e. The van der Waals surface area contributed by atoms with Crippen molar-refractivity contribution >= 4 is 33.5 Å². The summed E-state index contributed by atoms with van der Waals surface area (Å²) >= 11 is 0. The molecule has 6 rings (SSSR count). The second-order valence-electron chi connectivity index (χ2n) is 8.10. The van der Waals surface area contributed by atoms with Crippen molar-refractivity contribution < 1.29 is 4.79 Å². The maximum absolute atomic E-state index is 11.8. The Kier molecular flexibility index (Phi) is 4.99. The average molecular weight is 461 g/mol. The summed E-state index contributed by atoms with van der Waals surface area (Å²) in [5.74, 6) is -0.0658. The lowest BCUT2D eigenvalue weighted by molar-refractivity contribution is -0.115. The molecule has 0 aromatic carbocycles. The molecule has 0 aliphatic carbocycles. The van der Waals surface area contributed by atoms with E-state index in [1.807, 2.05) is 43.5 Å². The lowest BCUT2D eigenvalue weighted by atomic mass is 10.1. The summed E-state index contributed by atoms with van der Waals surface area (Å²) in [5, 5.41) is 11.5. The molecular formula is C26H20N8O. The van der Waals surface area contributed by atoms with Crippen molar-refractivity contribution in [2.75, 3.05) is 5.32 Å². The van der Waals surface area contributed by atoms with Crippen molar-refractivity contribution in [2.45, 2.75) is 13.3 Å². The number of H-pyrrole nitrogens is 2. The van der Waals surface area contributed by atoms with Crippen LogP contribution in [0.1, 0.15) is 13.3 Å². The zero-order valence-electron chi connectivity index (χ0n) is 18.8. The molecule has 0 saturated carbocycles. The van der Waals surface area contributed by atoms with Crippen LogP contribution in [0.25, 0.3) is 55.7 Å². The molecule has 0 unspecified atom stereocenters. The Morgan fingerprint density at radius 1 is 0.914 bits per heavy atom. The molecule has 0 aliphatic heterocycles. The van der Waals surface area contributed by atoms with Crippen LogP contribution in [0.4, 0.5) is 5.69 Å². The number of nitrogens with zero attached hydrogens (tertiary/aromatic N) is 5. The van der Waals surface area contributed by atoms with Crippen LogP contribution in [-0.2, 0) is 4.79 Å². The van der Waals surface area contributed by atoms with Crippen LogP contribution < -0.4 is 5.32 Å². The highest BCUT2D eigenvalue weighted by molar-refractivity contribution is 6.00. The van der Waals surface area contributed by atoms with E-state index in [4.69, 9.17) is 4.98 Å². The number of fused-ring (bicyclic) bond motifs is 2. The number of hydrogen-bond acceptors (Lipinski definition) is 6. The summed E-state index contributed by atoms with van der Waals surface area (Å²) in [7, 11) is 0. The van der Waals surface area contributed by atoms with Crippen LogP contribution in [0, 0.1) is 0 Å². The number of aromatic nitrogens is 7. The molecule has 0 spiro atoms. The normalized spacial score (nSPS) is 11.2. The van der Waals surface area contributed by atoms with Gasteiger partial charge in [0.05, 0.1) is 40.5 Å². The highest BCUT2D eigenvalue weighted by Crippen LogP contribution is 2.33. The van der Waals surface area contributed by atoms with Gasteiger partial charge in [-0.25, -0.2) is 4.98 Å². The van der Waals surface area contributed by atoms with Gasteiger partial charge >= 0.3 is 0 Å². The van der Waals surface area contributed by atoms with Gasteiger partial charge in [-0.05, 0) is 42.0 Å². The number of pyridine rings is 4. The van der Waals surface area contributed by atoms with E-state index in [1.54, 1.807) is 31.0 Å². The predicted octanol–water partition coefficient (Wildman–Crippen LogP) is 4.97. The number of hydrogen-bond donors (Lipinski definition) is 3. The number of aromatic amines is 2. The summed E-state index contributed by atoms with van der Waals surface area (Å²) in [4.78, 5) is 32.9. The van der Waals surface area contributed by atoms with Crippen LogP contribution in [-0.4, -0.2) is 41.0 Å². The third-order valence-corrected chi connectivity index (χ3v) is 5.84. The first-order valence-electron chi connectivity index (χ1n) is 11.2. The Labute approximate surface area is 199 Å². The molecule has 35 heavy (non-hydrogen) atoms. The fourth-order valence-electron chi connectivity index (χ4n) is 4.09. The van der Waals surface area contributed by atoms with Crippen molar-refractivity contribution in [3.05, 3.63) is 73.6 Å². The van der Waals surface area contributed by atoms with E-state index in [0.29, 0.717) is 17.8 Å². The van der Waals surface area contributed by atoms with Gasteiger partial charge in [-0.2, -0.15) is 5.10 Å². The number of rotatable bonds is 5. The SMILES string of the molecule is CCC(=O)Nc1cncc(-c2ccc3[nH]nc(-c4cc5c(-c6ccncc6)cncc5[nH]4)c3n2)c1. The van der Waals surface area contributed by atoms with E-state index >= 15 is 0 Å². The minimum absolute atomic E-state index is 0.0658. The van der Waals surface area contributed by atoms with E-state index < -0.39 is 0 Å². The second kappa shape index (κ2) is 8.45. The molecule has 0 atom stereocenters. The zero-order chi connectivity index (χ0) is 23.8. The lowest BCUT2D eigenvalue weighted by Crippen LogP contribution is -2.09. The molecule has 6 aromatic heterocycles. The first kappa shape index (κ1) is 20.7. The summed E-state index contributed by atoms with van der Waals surface area (Å²) < 4.78 is 0. The zero-order valence-corrected chi connectivity index (χ0v) is 18.8. The Hall–Kier alpha value is -4.92. The highest BCUT2D eigenvalue weighted by Gasteiger charge is 2.16. The standard InChI is InChI=1S/C26H20N8O/c1-2-24(35)30-17-9-16(11-28-12-17)20-3-4-21-25(32-20)26(34-33-21)22-10-18-19(13-29-14-23(18)31-22)15-5-7-27-8-6-15/h3-14,31H,2H2,1H3,(H,30,35)(H,33,34). The third-order valence-electron chi connectivity index (χ3n) is 5.84.